The quantitative estimate of drug-likeness (QED) is 0.712. The first-order valence-electron chi connectivity index (χ1n) is 9.01. The maximum atomic E-state index is 12.7. The molecule has 6 nitrogen and oxygen atoms in total. The Bertz CT molecular complexity index is 805. The van der Waals surface area contributed by atoms with Gasteiger partial charge in [0.05, 0.1) is 14.2 Å². The van der Waals surface area contributed by atoms with Crippen molar-refractivity contribution in [2.24, 2.45) is 0 Å². The minimum atomic E-state index is 0.116. The van der Waals surface area contributed by atoms with Gasteiger partial charge in [0.1, 0.15) is 0 Å². The first-order valence-corrected chi connectivity index (χ1v) is 9.01. The number of methoxy groups -OCH3 is 2. The van der Waals surface area contributed by atoms with Crippen LogP contribution >= 0.6 is 0 Å². The second kappa shape index (κ2) is 8.66. The van der Waals surface area contributed by atoms with Crippen LogP contribution in [-0.4, -0.2) is 38.4 Å². The zero-order valence-electron chi connectivity index (χ0n) is 16.0. The van der Waals surface area contributed by atoms with Crippen LogP contribution in [0.4, 0.5) is 0 Å². The molecule has 2 aromatic rings. The predicted octanol–water partition coefficient (Wildman–Crippen LogP) is 3.41. The molecule has 6 heteroatoms. The number of amides is 1. The number of carbonyl (C=O) groups is 1. The number of nitrogens with zero attached hydrogens (tertiary/aromatic N) is 1. The summed E-state index contributed by atoms with van der Waals surface area (Å²) in [5.74, 6) is 2.97. The summed E-state index contributed by atoms with van der Waals surface area (Å²) in [5, 5.41) is 0. The van der Waals surface area contributed by atoms with Crippen LogP contribution in [0, 0.1) is 0 Å². The van der Waals surface area contributed by atoms with Crippen LogP contribution < -0.4 is 18.9 Å². The molecule has 1 aliphatic rings. The van der Waals surface area contributed by atoms with Crippen molar-refractivity contribution in [3.8, 4) is 23.0 Å². The highest BCUT2D eigenvalue weighted by Crippen LogP contribution is 2.33. The van der Waals surface area contributed by atoms with Crippen molar-refractivity contribution in [1.82, 2.24) is 4.90 Å². The van der Waals surface area contributed by atoms with Crippen molar-refractivity contribution >= 4 is 5.91 Å². The molecule has 0 bridgehead atoms. The van der Waals surface area contributed by atoms with E-state index in [4.69, 9.17) is 18.9 Å². The Kier molecular flexibility index (Phi) is 6.06. The largest absolute Gasteiger partial charge is 0.493 e. The maximum absolute atomic E-state index is 12.7. The molecule has 0 aromatic heterocycles. The number of fused-ring (bicyclic) bond motifs is 1. The Morgan fingerprint density at radius 1 is 1.00 bits per heavy atom. The molecule has 144 valence electrons. The zero-order chi connectivity index (χ0) is 19.2. The average Bonchev–Trinajstić information content (AvgIpc) is 3.17. The van der Waals surface area contributed by atoms with Crippen LogP contribution in [0.3, 0.4) is 0 Å². The van der Waals surface area contributed by atoms with E-state index in [9.17, 15) is 4.79 Å². The number of carbonyl (C=O) groups excluding carboxylic acids is 1. The second-order valence-corrected chi connectivity index (χ2v) is 6.28. The summed E-state index contributed by atoms with van der Waals surface area (Å²) in [5.41, 5.74) is 2.07. The Hall–Kier alpha value is -2.89. The van der Waals surface area contributed by atoms with Crippen LogP contribution in [0.2, 0.25) is 0 Å². The monoisotopic (exact) mass is 371 g/mol. The molecule has 1 heterocycles. The minimum Gasteiger partial charge on any atom is -0.493 e. The third-order valence-corrected chi connectivity index (χ3v) is 4.62. The van der Waals surface area contributed by atoms with Gasteiger partial charge in [0, 0.05) is 19.5 Å². The molecule has 1 aliphatic heterocycles. The first-order chi connectivity index (χ1) is 13.1. The van der Waals surface area contributed by atoms with Gasteiger partial charge in [0.15, 0.2) is 23.0 Å². The van der Waals surface area contributed by atoms with E-state index in [-0.39, 0.29) is 12.7 Å². The summed E-state index contributed by atoms with van der Waals surface area (Å²) in [7, 11) is 3.21. The molecule has 0 spiro atoms. The molecular formula is C21H25NO5. The Labute approximate surface area is 159 Å². The molecule has 0 saturated carbocycles. The summed E-state index contributed by atoms with van der Waals surface area (Å²) >= 11 is 0. The zero-order valence-corrected chi connectivity index (χ0v) is 16.0. The van der Waals surface area contributed by atoms with E-state index in [1.807, 2.05) is 48.2 Å². The lowest BCUT2D eigenvalue weighted by atomic mass is 10.1. The lowest BCUT2D eigenvalue weighted by molar-refractivity contribution is -0.131. The van der Waals surface area contributed by atoms with Crippen molar-refractivity contribution in [1.29, 1.82) is 0 Å². The standard InChI is InChI=1S/C21H25NO5/c1-4-22(13-16-6-8-17(24-2)19(12-16)25-3)21(23)10-7-15-5-9-18-20(11-15)27-14-26-18/h5-6,8-9,11-12H,4,7,10,13-14H2,1-3H3. The summed E-state index contributed by atoms with van der Waals surface area (Å²) in [4.78, 5) is 14.5. The highest BCUT2D eigenvalue weighted by Gasteiger charge is 2.16. The fourth-order valence-corrected chi connectivity index (χ4v) is 3.08. The molecule has 1 amide bonds. The van der Waals surface area contributed by atoms with E-state index in [2.05, 4.69) is 0 Å². The van der Waals surface area contributed by atoms with Crippen molar-refractivity contribution < 1.29 is 23.7 Å². The highest BCUT2D eigenvalue weighted by atomic mass is 16.7. The van der Waals surface area contributed by atoms with Crippen LogP contribution in [-0.2, 0) is 17.8 Å². The van der Waals surface area contributed by atoms with E-state index in [0.717, 1.165) is 22.6 Å². The molecule has 2 aromatic carbocycles. The van der Waals surface area contributed by atoms with Crippen molar-refractivity contribution in [3.05, 3.63) is 47.5 Å². The number of hydrogen-bond acceptors (Lipinski definition) is 5. The molecular weight excluding hydrogens is 346 g/mol. The minimum absolute atomic E-state index is 0.116. The Morgan fingerprint density at radius 2 is 1.74 bits per heavy atom. The molecule has 27 heavy (non-hydrogen) atoms. The Balaban J connectivity index is 1.60. The molecule has 0 atom stereocenters. The van der Waals surface area contributed by atoms with Gasteiger partial charge >= 0.3 is 0 Å². The van der Waals surface area contributed by atoms with Gasteiger partial charge in [0.25, 0.3) is 0 Å². The van der Waals surface area contributed by atoms with Crippen molar-refractivity contribution in [2.45, 2.75) is 26.3 Å². The molecule has 0 saturated heterocycles. The number of rotatable bonds is 8. The molecule has 0 radical (unpaired) electrons. The SMILES string of the molecule is CCN(Cc1ccc(OC)c(OC)c1)C(=O)CCc1ccc2c(c1)OCO2. The fourth-order valence-electron chi connectivity index (χ4n) is 3.08. The summed E-state index contributed by atoms with van der Waals surface area (Å²) < 4.78 is 21.3. The lowest BCUT2D eigenvalue weighted by Crippen LogP contribution is -2.30. The van der Waals surface area contributed by atoms with Crippen LogP contribution in [0.1, 0.15) is 24.5 Å². The number of hydrogen-bond donors (Lipinski definition) is 0. The van der Waals surface area contributed by atoms with Crippen LogP contribution in [0.5, 0.6) is 23.0 Å². The van der Waals surface area contributed by atoms with Crippen molar-refractivity contribution in [3.63, 3.8) is 0 Å². The van der Waals surface area contributed by atoms with Gasteiger partial charge in [0.2, 0.25) is 12.7 Å². The van der Waals surface area contributed by atoms with Gasteiger partial charge < -0.3 is 23.8 Å². The average molecular weight is 371 g/mol. The summed E-state index contributed by atoms with van der Waals surface area (Å²) in [6.07, 6.45) is 1.11. The predicted molar refractivity (Wildman–Crippen MR) is 102 cm³/mol. The van der Waals surface area contributed by atoms with E-state index < -0.39 is 0 Å². The smallest absolute Gasteiger partial charge is 0.231 e. The number of benzene rings is 2. The van der Waals surface area contributed by atoms with E-state index >= 15 is 0 Å². The third-order valence-electron chi connectivity index (χ3n) is 4.62. The van der Waals surface area contributed by atoms with E-state index in [1.54, 1.807) is 14.2 Å². The second-order valence-electron chi connectivity index (χ2n) is 6.28. The third kappa shape index (κ3) is 4.45. The molecule has 0 unspecified atom stereocenters. The maximum Gasteiger partial charge on any atom is 0.231 e. The van der Waals surface area contributed by atoms with E-state index in [0.29, 0.717) is 37.4 Å². The number of aryl methyl sites for hydroxylation is 1. The normalized spacial score (nSPS) is 12.0. The van der Waals surface area contributed by atoms with E-state index in [1.165, 1.54) is 0 Å². The first kappa shape index (κ1) is 18.9. The topological polar surface area (TPSA) is 57.2 Å². The Morgan fingerprint density at radius 3 is 2.48 bits per heavy atom. The van der Waals surface area contributed by atoms with Gasteiger partial charge in [-0.05, 0) is 48.7 Å². The van der Waals surface area contributed by atoms with Crippen LogP contribution in [0.25, 0.3) is 0 Å². The fraction of sp³-hybridized carbons (Fsp3) is 0.381. The molecule has 3 rings (SSSR count). The van der Waals surface area contributed by atoms with Gasteiger partial charge in [-0.15, -0.1) is 0 Å². The highest BCUT2D eigenvalue weighted by molar-refractivity contribution is 5.76. The molecule has 0 aliphatic carbocycles. The number of ether oxygens (including phenoxy) is 4. The van der Waals surface area contributed by atoms with Crippen molar-refractivity contribution in [2.75, 3.05) is 27.6 Å². The molecule has 0 fully saturated rings. The lowest BCUT2D eigenvalue weighted by Gasteiger charge is -2.22. The summed E-state index contributed by atoms with van der Waals surface area (Å²) in [6.45, 7) is 3.43. The van der Waals surface area contributed by atoms with Gasteiger partial charge in [-0.25, -0.2) is 0 Å². The summed E-state index contributed by atoms with van der Waals surface area (Å²) in [6, 6.07) is 11.5. The van der Waals surface area contributed by atoms with Crippen LogP contribution in [0.15, 0.2) is 36.4 Å². The molecule has 0 N–H and O–H groups in total. The van der Waals surface area contributed by atoms with Gasteiger partial charge in [-0.3, -0.25) is 4.79 Å². The van der Waals surface area contributed by atoms with Gasteiger partial charge in [-0.2, -0.15) is 0 Å². The van der Waals surface area contributed by atoms with Gasteiger partial charge in [-0.1, -0.05) is 12.1 Å².